The molecule has 138 valence electrons. The van der Waals surface area contributed by atoms with Gasteiger partial charge in [0.1, 0.15) is 6.04 Å². The fourth-order valence-electron chi connectivity index (χ4n) is 2.72. The summed E-state index contributed by atoms with van der Waals surface area (Å²) in [6, 6.07) is 9.65. The molecular weight excluding hydrogens is 352 g/mol. The fourth-order valence-corrected chi connectivity index (χ4v) is 2.72. The van der Waals surface area contributed by atoms with E-state index in [9.17, 15) is 24.8 Å². The number of carbonyl (C=O) groups excluding carboxylic acids is 1. The first-order chi connectivity index (χ1) is 12.8. The number of nitro benzene ring substituents is 1. The summed E-state index contributed by atoms with van der Waals surface area (Å²) in [5.41, 5.74) is 1.68. The van der Waals surface area contributed by atoms with E-state index in [0.29, 0.717) is 17.0 Å². The maximum absolute atomic E-state index is 12.9. The van der Waals surface area contributed by atoms with Gasteiger partial charge in [-0.2, -0.15) is 0 Å². The Morgan fingerprint density at radius 1 is 1.26 bits per heavy atom. The van der Waals surface area contributed by atoms with E-state index in [2.05, 4.69) is 0 Å². The maximum Gasteiger partial charge on any atom is 0.326 e. The van der Waals surface area contributed by atoms with Crippen LogP contribution in [0, 0.1) is 17.0 Å². The first-order valence-electron chi connectivity index (χ1n) is 8.09. The van der Waals surface area contributed by atoms with Gasteiger partial charge in [0.15, 0.2) is 11.5 Å². The summed E-state index contributed by atoms with van der Waals surface area (Å²) in [4.78, 5) is 35.8. The van der Waals surface area contributed by atoms with Gasteiger partial charge in [0, 0.05) is 12.1 Å². The number of aliphatic carboxylic acids is 1. The number of carboxylic acids is 1. The lowest BCUT2D eigenvalue weighted by Crippen LogP contribution is -2.47. The molecule has 1 atom stereocenters. The van der Waals surface area contributed by atoms with Gasteiger partial charge in [-0.1, -0.05) is 6.07 Å². The Bertz CT molecular complexity index is 965. The molecule has 0 fully saturated rings. The lowest BCUT2D eigenvalue weighted by atomic mass is 10.1. The molecule has 1 unspecified atom stereocenters. The second-order valence-corrected chi connectivity index (χ2v) is 6.12. The highest BCUT2D eigenvalue weighted by Crippen LogP contribution is 2.37. The van der Waals surface area contributed by atoms with Gasteiger partial charge in [-0.3, -0.25) is 19.8 Å². The van der Waals surface area contributed by atoms with Crippen molar-refractivity contribution in [2.24, 2.45) is 0 Å². The quantitative estimate of drug-likeness (QED) is 0.504. The smallest absolute Gasteiger partial charge is 0.326 e. The van der Waals surface area contributed by atoms with Crippen molar-refractivity contribution in [3.63, 3.8) is 0 Å². The number of hydrogen-bond donors (Lipinski definition) is 1. The van der Waals surface area contributed by atoms with E-state index < -0.39 is 22.8 Å². The van der Waals surface area contributed by atoms with Crippen molar-refractivity contribution in [1.29, 1.82) is 0 Å². The van der Waals surface area contributed by atoms with Crippen molar-refractivity contribution < 1.29 is 24.4 Å². The van der Waals surface area contributed by atoms with Crippen molar-refractivity contribution in [1.82, 2.24) is 0 Å². The van der Waals surface area contributed by atoms with E-state index in [1.807, 2.05) is 6.92 Å². The average Bonchev–Trinajstić information content (AvgIpc) is 2.62. The van der Waals surface area contributed by atoms with E-state index in [0.717, 1.165) is 5.56 Å². The van der Waals surface area contributed by atoms with Gasteiger partial charge in [-0.25, -0.2) is 4.79 Å². The SMILES string of the molecule is Cc1ccc2c(c1)N(C(C)C(=O)O)C(=O)/C(=C\c1ccc([N+](=O)[O-])cc1)O2. The van der Waals surface area contributed by atoms with Crippen LogP contribution in [0.25, 0.3) is 6.08 Å². The van der Waals surface area contributed by atoms with Gasteiger partial charge in [0.25, 0.3) is 11.6 Å². The predicted octanol–water partition coefficient (Wildman–Crippen LogP) is 3.14. The third kappa shape index (κ3) is 3.50. The van der Waals surface area contributed by atoms with Gasteiger partial charge in [-0.05, 0) is 55.3 Å². The molecule has 2 aromatic rings. The lowest BCUT2D eigenvalue weighted by Gasteiger charge is -2.33. The number of ether oxygens (including phenoxy) is 1. The molecule has 0 radical (unpaired) electrons. The van der Waals surface area contributed by atoms with Crippen LogP contribution >= 0.6 is 0 Å². The van der Waals surface area contributed by atoms with Crippen molar-refractivity contribution in [2.75, 3.05) is 4.90 Å². The Labute approximate surface area is 154 Å². The van der Waals surface area contributed by atoms with Crippen LogP contribution in [0.4, 0.5) is 11.4 Å². The van der Waals surface area contributed by atoms with E-state index in [1.54, 1.807) is 18.2 Å². The second-order valence-electron chi connectivity index (χ2n) is 6.12. The van der Waals surface area contributed by atoms with E-state index in [4.69, 9.17) is 4.74 Å². The van der Waals surface area contributed by atoms with Crippen LogP contribution in [0.2, 0.25) is 0 Å². The van der Waals surface area contributed by atoms with Crippen LogP contribution < -0.4 is 9.64 Å². The minimum absolute atomic E-state index is 0.0618. The molecule has 1 aliphatic heterocycles. The molecule has 0 spiro atoms. The van der Waals surface area contributed by atoms with Gasteiger partial charge in [0.05, 0.1) is 10.6 Å². The number of non-ortho nitro benzene ring substituents is 1. The Balaban J connectivity index is 2.05. The Morgan fingerprint density at radius 3 is 2.52 bits per heavy atom. The number of fused-ring (bicyclic) bond motifs is 1. The highest BCUT2D eigenvalue weighted by molar-refractivity contribution is 6.12. The number of carboxylic acid groups (broad SMARTS) is 1. The maximum atomic E-state index is 12.9. The summed E-state index contributed by atoms with van der Waals surface area (Å²) in [6.07, 6.45) is 1.43. The van der Waals surface area contributed by atoms with Crippen LogP contribution in [0.1, 0.15) is 18.1 Å². The van der Waals surface area contributed by atoms with Gasteiger partial charge >= 0.3 is 5.97 Å². The van der Waals surface area contributed by atoms with Crippen LogP contribution in [0.5, 0.6) is 5.75 Å². The number of hydrogen-bond acceptors (Lipinski definition) is 5. The van der Waals surface area contributed by atoms with Crippen LogP contribution in [-0.4, -0.2) is 27.9 Å². The molecule has 1 N–H and O–H groups in total. The number of nitrogens with zero attached hydrogens (tertiary/aromatic N) is 2. The van der Waals surface area contributed by atoms with Crippen molar-refractivity contribution in [3.05, 3.63) is 69.5 Å². The first kappa shape index (κ1) is 18.1. The minimum atomic E-state index is -1.15. The van der Waals surface area contributed by atoms with Crippen LogP contribution in [0.15, 0.2) is 48.2 Å². The molecule has 1 heterocycles. The highest BCUT2D eigenvalue weighted by Gasteiger charge is 2.36. The molecule has 3 rings (SSSR count). The molecule has 8 nitrogen and oxygen atoms in total. The molecule has 0 bridgehead atoms. The monoisotopic (exact) mass is 368 g/mol. The fraction of sp³-hybridized carbons (Fsp3) is 0.158. The molecule has 0 aliphatic carbocycles. The first-order valence-corrected chi connectivity index (χ1v) is 8.09. The zero-order valence-electron chi connectivity index (χ0n) is 14.6. The molecule has 1 amide bonds. The molecule has 1 aliphatic rings. The van der Waals surface area contributed by atoms with Gasteiger partial charge < -0.3 is 9.84 Å². The number of nitro groups is 1. The summed E-state index contributed by atoms with van der Waals surface area (Å²) < 4.78 is 5.68. The van der Waals surface area contributed by atoms with E-state index in [1.165, 1.54) is 42.2 Å². The lowest BCUT2D eigenvalue weighted by molar-refractivity contribution is -0.384. The number of benzene rings is 2. The highest BCUT2D eigenvalue weighted by atomic mass is 16.6. The second kappa shape index (κ2) is 6.91. The van der Waals surface area contributed by atoms with Crippen LogP contribution in [0.3, 0.4) is 0 Å². The minimum Gasteiger partial charge on any atom is -0.480 e. The normalized spacial score (nSPS) is 15.9. The molecule has 2 aromatic carbocycles. The predicted molar refractivity (Wildman–Crippen MR) is 97.5 cm³/mol. The molecular formula is C19H16N2O6. The van der Waals surface area contributed by atoms with Crippen LogP contribution in [-0.2, 0) is 9.59 Å². The summed E-state index contributed by atoms with van der Waals surface area (Å²) >= 11 is 0. The Hall–Kier alpha value is -3.68. The third-order valence-electron chi connectivity index (χ3n) is 4.17. The summed E-state index contributed by atoms with van der Waals surface area (Å²) in [7, 11) is 0. The van der Waals surface area contributed by atoms with E-state index >= 15 is 0 Å². The van der Waals surface area contributed by atoms with Gasteiger partial charge in [0.2, 0.25) is 0 Å². The Morgan fingerprint density at radius 2 is 1.93 bits per heavy atom. The standard InChI is InChI=1S/C19H16N2O6/c1-11-3-8-16-15(9-11)20(12(2)19(23)24)18(22)17(27-16)10-13-4-6-14(7-5-13)21(25)26/h3-10,12H,1-2H3,(H,23,24)/b17-10+. The molecule has 0 saturated carbocycles. The summed E-state index contributed by atoms with van der Waals surface area (Å²) in [5, 5.41) is 20.1. The largest absolute Gasteiger partial charge is 0.480 e. The molecule has 0 aromatic heterocycles. The number of amides is 1. The zero-order chi connectivity index (χ0) is 19.7. The molecule has 0 saturated heterocycles. The average molecular weight is 368 g/mol. The van der Waals surface area contributed by atoms with Gasteiger partial charge in [-0.15, -0.1) is 0 Å². The number of anilines is 1. The zero-order valence-corrected chi connectivity index (χ0v) is 14.6. The Kier molecular flexibility index (Phi) is 4.64. The van der Waals surface area contributed by atoms with Crippen molar-refractivity contribution in [2.45, 2.75) is 19.9 Å². The van der Waals surface area contributed by atoms with Crippen molar-refractivity contribution >= 4 is 29.3 Å². The third-order valence-corrected chi connectivity index (χ3v) is 4.17. The number of carbonyl (C=O) groups is 2. The molecule has 8 heteroatoms. The van der Waals surface area contributed by atoms with E-state index in [-0.39, 0.29) is 11.4 Å². The number of aryl methyl sites for hydroxylation is 1. The van der Waals surface area contributed by atoms with Crippen molar-refractivity contribution in [3.8, 4) is 5.75 Å². The summed E-state index contributed by atoms with van der Waals surface area (Å²) in [6.45, 7) is 3.25. The molecule has 27 heavy (non-hydrogen) atoms. The number of rotatable bonds is 4. The summed E-state index contributed by atoms with van der Waals surface area (Å²) in [5.74, 6) is -1.44. The topological polar surface area (TPSA) is 110 Å².